The number of hydrogen-bond donors (Lipinski definition) is 2. The van der Waals surface area contributed by atoms with E-state index >= 15 is 0 Å². The summed E-state index contributed by atoms with van der Waals surface area (Å²) in [6.07, 6.45) is 0.464. The summed E-state index contributed by atoms with van der Waals surface area (Å²) in [5.74, 6) is 0.785. The molecule has 3 nitrogen and oxygen atoms in total. The highest BCUT2D eigenvalue weighted by atomic mass is 16.5. The molecule has 2 N–H and O–H groups in total. The highest BCUT2D eigenvalue weighted by Crippen LogP contribution is 2.13. The van der Waals surface area contributed by atoms with Crippen LogP contribution in [0.15, 0.2) is 48.5 Å². The Balaban J connectivity index is 1.76. The molecule has 0 saturated carbocycles. The maximum atomic E-state index is 9.97. The van der Waals surface area contributed by atoms with Gasteiger partial charge in [0.15, 0.2) is 0 Å². The Morgan fingerprint density at radius 2 is 1.90 bits per heavy atom. The fraction of sp³-hybridized carbons (Fsp3) is 0.333. The second-order valence-corrected chi connectivity index (χ2v) is 5.21. The van der Waals surface area contributed by atoms with Crippen molar-refractivity contribution < 1.29 is 9.84 Å². The number of ether oxygens (including phenoxy) is 1. The summed E-state index contributed by atoms with van der Waals surface area (Å²) in [4.78, 5) is 0. The van der Waals surface area contributed by atoms with Crippen LogP contribution in [0.3, 0.4) is 0 Å². The van der Waals surface area contributed by atoms with Crippen LogP contribution in [0.25, 0.3) is 0 Å². The van der Waals surface area contributed by atoms with Crippen molar-refractivity contribution in [2.45, 2.75) is 26.4 Å². The topological polar surface area (TPSA) is 41.5 Å². The molecule has 0 aliphatic carbocycles. The maximum absolute atomic E-state index is 9.97. The smallest absolute Gasteiger partial charge is 0.119 e. The van der Waals surface area contributed by atoms with Gasteiger partial charge in [0, 0.05) is 12.2 Å². The third kappa shape index (κ3) is 5.12. The van der Waals surface area contributed by atoms with Crippen LogP contribution in [-0.4, -0.2) is 24.4 Å². The summed E-state index contributed by atoms with van der Waals surface area (Å²) in [5, 5.41) is 13.2. The van der Waals surface area contributed by atoms with Crippen LogP contribution in [0.2, 0.25) is 0 Å². The summed E-state index contributed by atoms with van der Waals surface area (Å²) in [7, 11) is 0. The monoisotopic (exact) mass is 285 g/mol. The third-order valence-corrected chi connectivity index (χ3v) is 3.34. The Hall–Kier alpha value is -2.00. The molecule has 112 valence electrons. The van der Waals surface area contributed by atoms with E-state index in [1.165, 1.54) is 11.1 Å². The Morgan fingerprint density at radius 1 is 1.14 bits per heavy atom. The molecular formula is C18H23NO2. The molecule has 3 heteroatoms. The average molecular weight is 285 g/mol. The quantitative estimate of drug-likeness (QED) is 0.819. The van der Waals surface area contributed by atoms with Crippen molar-refractivity contribution in [2.75, 3.05) is 18.5 Å². The summed E-state index contributed by atoms with van der Waals surface area (Å²) < 4.78 is 5.57. The van der Waals surface area contributed by atoms with Gasteiger partial charge in [-0.25, -0.2) is 0 Å². The molecule has 21 heavy (non-hydrogen) atoms. The number of rotatable bonds is 7. The molecule has 0 saturated heterocycles. The number of aryl methyl sites for hydroxylation is 2. The standard InChI is InChI=1S/C18H23NO2/c1-3-15-5-4-6-16(11-15)19-12-17(20)13-21-18-9-7-14(2)8-10-18/h4-11,17,19-20H,3,12-13H2,1-2H3. The molecule has 1 unspecified atom stereocenters. The van der Waals surface area contributed by atoms with E-state index in [4.69, 9.17) is 4.74 Å². The lowest BCUT2D eigenvalue weighted by molar-refractivity contribution is 0.117. The number of anilines is 1. The average Bonchev–Trinajstić information content (AvgIpc) is 2.52. The molecule has 0 aliphatic heterocycles. The van der Waals surface area contributed by atoms with Crippen LogP contribution in [-0.2, 0) is 6.42 Å². The first-order valence-corrected chi connectivity index (χ1v) is 7.37. The molecule has 0 heterocycles. The lowest BCUT2D eigenvalue weighted by atomic mass is 10.1. The third-order valence-electron chi connectivity index (χ3n) is 3.34. The van der Waals surface area contributed by atoms with E-state index in [1.54, 1.807) is 0 Å². The molecule has 0 bridgehead atoms. The first-order valence-electron chi connectivity index (χ1n) is 7.37. The Morgan fingerprint density at radius 3 is 2.62 bits per heavy atom. The number of hydrogen-bond acceptors (Lipinski definition) is 3. The van der Waals surface area contributed by atoms with Crippen LogP contribution in [0.4, 0.5) is 5.69 Å². The van der Waals surface area contributed by atoms with Crippen molar-refractivity contribution in [1.29, 1.82) is 0 Å². The van der Waals surface area contributed by atoms with Gasteiger partial charge in [-0.05, 0) is 43.2 Å². The van der Waals surface area contributed by atoms with Crippen LogP contribution in [0.5, 0.6) is 5.75 Å². The van der Waals surface area contributed by atoms with Gasteiger partial charge < -0.3 is 15.2 Å². The van der Waals surface area contributed by atoms with Gasteiger partial charge in [-0.1, -0.05) is 36.8 Å². The van der Waals surface area contributed by atoms with E-state index in [0.29, 0.717) is 6.54 Å². The lowest BCUT2D eigenvalue weighted by Gasteiger charge is -2.14. The molecule has 1 atom stereocenters. The Bertz CT molecular complexity index is 551. The highest BCUT2D eigenvalue weighted by Gasteiger charge is 2.05. The van der Waals surface area contributed by atoms with Crippen molar-refractivity contribution in [3.63, 3.8) is 0 Å². The van der Waals surface area contributed by atoms with Gasteiger partial charge in [0.1, 0.15) is 18.5 Å². The lowest BCUT2D eigenvalue weighted by Crippen LogP contribution is -2.26. The van der Waals surface area contributed by atoms with Gasteiger partial charge in [0.25, 0.3) is 0 Å². The number of aliphatic hydroxyl groups excluding tert-OH is 1. The molecule has 0 amide bonds. The van der Waals surface area contributed by atoms with E-state index in [0.717, 1.165) is 17.9 Å². The molecule has 0 fully saturated rings. The van der Waals surface area contributed by atoms with E-state index in [-0.39, 0.29) is 6.61 Å². The van der Waals surface area contributed by atoms with E-state index in [1.807, 2.05) is 43.3 Å². The van der Waals surface area contributed by atoms with Crippen molar-refractivity contribution in [1.82, 2.24) is 0 Å². The largest absolute Gasteiger partial charge is 0.491 e. The summed E-state index contributed by atoms with van der Waals surface area (Å²) in [6.45, 7) is 4.92. The van der Waals surface area contributed by atoms with Gasteiger partial charge in [-0.2, -0.15) is 0 Å². The molecule has 2 aromatic carbocycles. The second-order valence-electron chi connectivity index (χ2n) is 5.21. The first kappa shape index (κ1) is 15.4. The molecule has 0 aliphatic rings. The fourth-order valence-electron chi connectivity index (χ4n) is 2.02. The number of nitrogens with one attached hydrogen (secondary N) is 1. The molecule has 0 spiro atoms. The van der Waals surface area contributed by atoms with Crippen LogP contribution < -0.4 is 10.1 Å². The van der Waals surface area contributed by atoms with Crippen LogP contribution >= 0.6 is 0 Å². The van der Waals surface area contributed by atoms with E-state index in [9.17, 15) is 5.11 Å². The minimum absolute atomic E-state index is 0.281. The molecule has 0 aromatic heterocycles. The molecular weight excluding hydrogens is 262 g/mol. The zero-order valence-corrected chi connectivity index (χ0v) is 12.7. The zero-order chi connectivity index (χ0) is 15.1. The van der Waals surface area contributed by atoms with Crippen molar-refractivity contribution in [3.05, 3.63) is 59.7 Å². The summed E-state index contributed by atoms with van der Waals surface area (Å²) in [5.41, 5.74) is 3.51. The normalized spacial score (nSPS) is 12.0. The first-order chi connectivity index (χ1) is 10.2. The molecule has 0 radical (unpaired) electrons. The fourth-order valence-corrected chi connectivity index (χ4v) is 2.02. The second kappa shape index (κ2) is 7.70. The van der Waals surface area contributed by atoms with Crippen molar-refractivity contribution in [3.8, 4) is 5.75 Å². The zero-order valence-electron chi connectivity index (χ0n) is 12.7. The minimum atomic E-state index is -0.545. The van der Waals surface area contributed by atoms with Crippen molar-refractivity contribution in [2.24, 2.45) is 0 Å². The molecule has 2 rings (SSSR count). The number of benzene rings is 2. The van der Waals surface area contributed by atoms with Gasteiger partial charge in [0.2, 0.25) is 0 Å². The van der Waals surface area contributed by atoms with Gasteiger partial charge in [0.05, 0.1) is 0 Å². The van der Waals surface area contributed by atoms with Crippen molar-refractivity contribution >= 4 is 5.69 Å². The summed E-state index contributed by atoms with van der Waals surface area (Å²) in [6, 6.07) is 16.1. The van der Waals surface area contributed by atoms with Gasteiger partial charge in [-0.15, -0.1) is 0 Å². The molecule has 2 aromatic rings. The predicted octanol–water partition coefficient (Wildman–Crippen LogP) is 3.41. The van der Waals surface area contributed by atoms with Gasteiger partial charge in [-0.3, -0.25) is 0 Å². The van der Waals surface area contributed by atoms with Crippen LogP contribution in [0.1, 0.15) is 18.1 Å². The number of aliphatic hydroxyl groups is 1. The van der Waals surface area contributed by atoms with E-state index < -0.39 is 6.10 Å². The highest BCUT2D eigenvalue weighted by molar-refractivity contribution is 5.45. The Kier molecular flexibility index (Phi) is 5.64. The maximum Gasteiger partial charge on any atom is 0.119 e. The SMILES string of the molecule is CCc1cccc(NCC(O)COc2ccc(C)cc2)c1. The predicted molar refractivity (Wildman–Crippen MR) is 87.0 cm³/mol. The van der Waals surface area contributed by atoms with Gasteiger partial charge >= 0.3 is 0 Å². The van der Waals surface area contributed by atoms with Crippen LogP contribution in [0, 0.1) is 6.92 Å². The van der Waals surface area contributed by atoms with E-state index in [2.05, 4.69) is 24.4 Å². The minimum Gasteiger partial charge on any atom is -0.491 e. The Labute approximate surface area is 126 Å². The summed E-state index contributed by atoms with van der Waals surface area (Å²) >= 11 is 0.